The third kappa shape index (κ3) is 4.75. The standard InChI is InChI=1S/C19H32N4O4S/c1-3-13-12-23(28(25,26)9-5-8-20)15(4-2)10-16(13)21-19(24)17-11-18(27-22-17)14-6-7-14/h11,13-16H,3-10,12,20H2,1-2H3,(H,21,24). The van der Waals surface area contributed by atoms with Crippen LogP contribution in [0.3, 0.4) is 0 Å². The minimum absolute atomic E-state index is 0.0641. The number of nitrogens with two attached hydrogens (primary N) is 1. The maximum absolute atomic E-state index is 12.8. The molecule has 1 aliphatic heterocycles. The highest BCUT2D eigenvalue weighted by atomic mass is 32.2. The molecule has 3 rings (SSSR count). The first-order valence-corrected chi connectivity index (χ1v) is 12.0. The summed E-state index contributed by atoms with van der Waals surface area (Å²) < 4.78 is 32.4. The number of carbonyl (C=O) groups excluding carboxylic acids is 1. The smallest absolute Gasteiger partial charge is 0.273 e. The van der Waals surface area contributed by atoms with Gasteiger partial charge in [-0.2, -0.15) is 4.31 Å². The minimum Gasteiger partial charge on any atom is -0.360 e. The van der Waals surface area contributed by atoms with Gasteiger partial charge < -0.3 is 15.6 Å². The molecule has 0 spiro atoms. The van der Waals surface area contributed by atoms with E-state index in [-0.39, 0.29) is 29.7 Å². The Kier molecular flexibility index (Phi) is 6.77. The van der Waals surface area contributed by atoms with Gasteiger partial charge in [0.25, 0.3) is 5.91 Å². The molecule has 8 nitrogen and oxygen atoms in total. The zero-order valence-corrected chi connectivity index (χ0v) is 17.6. The number of amides is 1. The lowest BCUT2D eigenvalue weighted by Gasteiger charge is -2.43. The lowest BCUT2D eigenvalue weighted by atomic mass is 9.86. The van der Waals surface area contributed by atoms with Crippen molar-refractivity contribution in [1.82, 2.24) is 14.8 Å². The summed E-state index contributed by atoms with van der Waals surface area (Å²) in [6.45, 7) is 4.81. The van der Waals surface area contributed by atoms with Crippen LogP contribution >= 0.6 is 0 Å². The molecular weight excluding hydrogens is 380 g/mol. The number of rotatable bonds is 9. The van der Waals surface area contributed by atoms with E-state index in [1.54, 1.807) is 10.4 Å². The van der Waals surface area contributed by atoms with E-state index in [4.69, 9.17) is 10.3 Å². The highest BCUT2D eigenvalue weighted by molar-refractivity contribution is 7.89. The van der Waals surface area contributed by atoms with E-state index in [1.807, 2.05) is 13.8 Å². The molecule has 1 amide bonds. The predicted molar refractivity (Wildman–Crippen MR) is 106 cm³/mol. The number of hydrogen-bond acceptors (Lipinski definition) is 6. The first-order chi connectivity index (χ1) is 13.4. The summed E-state index contributed by atoms with van der Waals surface area (Å²) in [5.74, 6) is 1.09. The van der Waals surface area contributed by atoms with Crippen LogP contribution in [-0.2, 0) is 10.0 Å². The lowest BCUT2D eigenvalue weighted by Crippen LogP contribution is -2.56. The molecule has 3 unspecified atom stereocenters. The third-order valence-corrected chi connectivity index (χ3v) is 7.90. The van der Waals surface area contributed by atoms with Crippen molar-refractivity contribution in [2.45, 2.75) is 70.4 Å². The normalized spacial score (nSPS) is 26.3. The molecule has 1 aromatic rings. The molecule has 9 heteroatoms. The summed E-state index contributed by atoms with van der Waals surface area (Å²) in [4.78, 5) is 12.7. The van der Waals surface area contributed by atoms with Crippen LogP contribution in [0.15, 0.2) is 10.6 Å². The molecular formula is C19H32N4O4S. The molecule has 0 aromatic carbocycles. The van der Waals surface area contributed by atoms with Crippen molar-refractivity contribution < 1.29 is 17.7 Å². The van der Waals surface area contributed by atoms with Crippen LogP contribution in [0.4, 0.5) is 0 Å². The van der Waals surface area contributed by atoms with Gasteiger partial charge in [0.2, 0.25) is 10.0 Å². The number of nitrogens with zero attached hydrogens (tertiary/aromatic N) is 2. The SMILES string of the molecule is CCC1CN(S(=O)(=O)CCCN)C(CC)CC1NC(=O)c1cc(C2CC2)on1. The second-order valence-corrected chi connectivity index (χ2v) is 10.0. The van der Waals surface area contributed by atoms with Gasteiger partial charge >= 0.3 is 0 Å². The van der Waals surface area contributed by atoms with Crippen LogP contribution in [0.25, 0.3) is 0 Å². The van der Waals surface area contributed by atoms with Crippen LogP contribution in [0.5, 0.6) is 0 Å². The number of nitrogens with one attached hydrogen (secondary N) is 1. The van der Waals surface area contributed by atoms with Crippen molar-refractivity contribution in [1.29, 1.82) is 0 Å². The van der Waals surface area contributed by atoms with Crippen molar-refractivity contribution in [2.75, 3.05) is 18.8 Å². The number of carbonyl (C=O) groups is 1. The number of hydrogen-bond donors (Lipinski definition) is 2. The van der Waals surface area contributed by atoms with Gasteiger partial charge in [0.1, 0.15) is 5.76 Å². The van der Waals surface area contributed by atoms with E-state index in [2.05, 4.69) is 10.5 Å². The van der Waals surface area contributed by atoms with Crippen LogP contribution in [0.1, 0.15) is 74.5 Å². The van der Waals surface area contributed by atoms with E-state index in [0.29, 0.717) is 44.0 Å². The molecule has 0 bridgehead atoms. The average molecular weight is 413 g/mol. The summed E-state index contributed by atoms with van der Waals surface area (Å²) in [7, 11) is -3.34. The Balaban J connectivity index is 1.68. The van der Waals surface area contributed by atoms with Crippen molar-refractivity contribution in [3.8, 4) is 0 Å². The maximum Gasteiger partial charge on any atom is 0.273 e. The Hall–Kier alpha value is -1.45. The summed E-state index contributed by atoms with van der Waals surface area (Å²) in [5, 5.41) is 7.00. The summed E-state index contributed by atoms with van der Waals surface area (Å²) in [6.07, 6.45) is 4.74. The summed E-state index contributed by atoms with van der Waals surface area (Å²) in [6, 6.07) is 1.54. The lowest BCUT2D eigenvalue weighted by molar-refractivity contribution is 0.0846. The van der Waals surface area contributed by atoms with Crippen molar-refractivity contribution in [2.24, 2.45) is 11.7 Å². The summed E-state index contributed by atoms with van der Waals surface area (Å²) >= 11 is 0. The molecule has 1 saturated carbocycles. The molecule has 1 aromatic heterocycles. The second kappa shape index (κ2) is 8.92. The van der Waals surface area contributed by atoms with Crippen LogP contribution < -0.4 is 11.1 Å². The van der Waals surface area contributed by atoms with Gasteiger partial charge in [-0.3, -0.25) is 4.79 Å². The molecule has 1 aliphatic carbocycles. The van der Waals surface area contributed by atoms with E-state index in [1.165, 1.54) is 0 Å². The maximum atomic E-state index is 12.8. The molecule has 158 valence electrons. The zero-order valence-electron chi connectivity index (χ0n) is 16.8. The Bertz CT molecular complexity index is 775. The monoisotopic (exact) mass is 412 g/mol. The Morgan fingerprint density at radius 3 is 2.71 bits per heavy atom. The zero-order chi connectivity index (χ0) is 20.3. The van der Waals surface area contributed by atoms with Gasteiger partial charge in [0.15, 0.2) is 5.69 Å². The van der Waals surface area contributed by atoms with Crippen LogP contribution in [0.2, 0.25) is 0 Å². The largest absolute Gasteiger partial charge is 0.360 e. The third-order valence-electron chi connectivity index (χ3n) is 5.93. The van der Waals surface area contributed by atoms with E-state index in [0.717, 1.165) is 25.0 Å². The minimum atomic E-state index is -3.34. The Labute approximate surface area is 167 Å². The first-order valence-electron chi connectivity index (χ1n) is 10.4. The fourth-order valence-electron chi connectivity index (χ4n) is 3.99. The van der Waals surface area contributed by atoms with E-state index < -0.39 is 10.0 Å². The topological polar surface area (TPSA) is 119 Å². The van der Waals surface area contributed by atoms with Gasteiger partial charge in [-0.05, 0) is 44.6 Å². The quantitative estimate of drug-likeness (QED) is 0.639. The van der Waals surface area contributed by atoms with E-state index in [9.17, 15) is 13.2 Å². The van der Waals surface area contributed by atoms with Crippen LogP contribution in [-0.4, -0.2) is 54.7 Å². The van der Waals surface area contributed by atoms with Gasteiger partial charge in [0.05, 0.1) is 5.75 Å². The molecule has 3 atom stereocenters. The van der Waals surface area contributed by atoms with Gasteiger partial charge in [0, 0.05) is 30.6 Å². The van der Waals surface area contributed by atoms with Crippen molar-refractivity contribution >= 4 is 15.9 Å². The fourth-order valence-corrected chi connectivity index (χ4v) is 5.87. The molecule has 28 heavy (non-hydrogen) atoms. The molecule has 2 fully saturated rings. The molecule has 3 N–H and O–H groups in total. The Morgan fingerprint density at radius 1 is 1.36 bits per heavy atom. The van der Waals surface area contributed by atoms with E-state index >= 15 is 0 Å². The first kappa shape index (κ1) is 21.3. The number of piperidine rings is 1. The average Bonchev–Trinajstić information content (AvgIpc) is 3.42. The fraction of sp³-hybridized carbons (Fsp3) is 0.789. The molecule has 1 saturated heterocycles. The van der Waals surface area contributed by atoms with Crippen molar-refractivity contribution in [3.05, 3.63) is 17.5 Å². The van der Waals surface area contributed by atoms with Crippen molar-refractivity contribution in [3.63, 3.8) is 0 Å². The second-order valence-electron chi connectivity index (χ2n) is 7.96. The van der Waals surface area contributed by atoms with Gasteiger partial charge in [-0.1, -0.05) is 25.4 Å². The summed E-state index contributed by atoms with van der Waals surface area (Å²) in [5.41, 5.74) is 5.81. The van der Waals surface area contributed by atoms with Gasteiger partial charge in [-0.25, -0.2) is 8.42 Å². The number of sulfonamides is 1. The predicted octanol–water partition coefficient (Wildman–Crippen LogP) is 1.84. The molecule has 0 radical (unpaired) electrons. The Morgan fingerprint density at radius 2 is 2.11 bits per heavy atom. The number of aromatic nitrogens is 1. The van der Waals surface area contributed by atoms with Crippen LogP contribution in [0, 0.1) is 5.92 Å². The highest BCUT2D eigenvalue weighted by Crippen LogP contribution is 2.40. The van der Waals surface area contributed by atoms with Gasteiger partial charge in [-0.15, -0.1) is 0 Å². The molecule has 2 aliphatic rings. The molecule has 2 heterocycles. The highest BCUT2D eigenvalue weighted by Gasteiger charge is 2.40.